The fourth-order valence-electron chi connectivity index (χ4n) is 1.61. The van der Waals surface area contributed by atoms with Crippen molar-refractivity contribution in [2.24, 2.45) is 11.7 Å². The Hall–Kier alpha value is -0.360. The highest BCUT2D eigenvalue weighted by Gasteiger charge is 2.17. The lowest BCUT2D eigenvalue weighted by atomic mass is 10.0. The van der Waals surface area contributed by atoms with Crippen LogP contribution in [0.1, 0.15) is 34.1 Å². The SMILES string of the molecule is CCOCCOC(C)C(=O)NC(CN)CC(C)C.Cl. The lowest BCUT2D eigenvalue weighted by molar-refractivity contribution is -0.133. The van der Waals surface area contributed by atoms with Gasteiger partial charge in [0.2, 0.25) is 5.91 Å². The number of carbonyl (C=O) groups is 1. The zero-order valence-electron chi connectivity index (χ0n) is 12.5. The van der Waals surface area contributed by atoms with E-state index in [2.05, 4.69) is 19.2 Å². The summed E-state index contributed by atoms with van der Waals surface area (Å²) in [6, 6.07) is 0.0236. The molecule has 0 aromatic heterocycles. The predicted octanol–water partition coefficient (Wildman–Crippen LogP) is 1.34. The van der Waals surface area contributed by atoms with Gasteiger partial charge in [-0.25, -0.2) is 0 Å². The highest BCUT2D eigenvalue weighted by atomic mass is 35.5. The second-order valence-electron chi connectivity index (χ2n) is 4.78. The minimum absolute atomic E-state index is 0. The van der Waals surface area contributed by atoms with E-state index in [-0.39, 0.29) is 24.4 Å². The maximum absolute atomic E-state index is 11.8. The molecule has 0 bridgehead atoms. The molecule has 2 atom stereocenters. The molecule has 3 N–H and O–H groups in total. The maximum atomic E-state index is 11.8. The number of nitrogens with two attached hydrogens (primary N) is 1. The quantitative estimate of drug-likeness (QED) is 0.597. The average Bonchev–Trinajstić information content (AvgIpc) is 2.32. The number of hydrogen-bond acceptors (Lipinski definition) is 4. The van der Waals surface area contributed by atoms with Crippen molar-refractivity contribution in [3.63, 3.8) is 0 Å². The monoisotopic (exact) mass is 296 g/mol. The van der Waals surface area contributed by atoms with E-state index >= 15 is 0 Å². The largest absolute Gasteiger partial charge is 0.379 e. The van der Waals surface area contributed by atoms with Gasteiger partial charge < -0.3 is 20.5 Å². The predicted molar refractivity (Wildman–Crippen MR) is 79.6 cm³/mol. The number of amides is 1. The maximum Gasteiger partial charge on any atom is 0.249 e. The topological polar surface area (TPSA) is 73.6 Å². The molecule has 0 spiro atoms. The van der Waals surface area contributed by atoms with Gasteiger partial charge in [-0.15, -0.1) is 12.4 Å². The van der Waals surface area contributed by atoms with Crippen LogP contribution >= 0.6 is 12.4 Å². The lowest BCUT2D eigenvalue weighted by Gasteiger charge is -2.21. The zero-order chi connectivity index (χ0) is 14.0. The van der Waals surface area contributed by atoms with Crippen molar-refractivity contribution in [1.29, 1.82) is 0 Å². The molecule has 0 saturated carbocycles. The van der Waals surface area contributed by atoms with E-state index in [0.717, 1.165) is 6.42 Å². The molecule has 0 aliphatic heterocycles. The highest BCUT2D eigenvalue weighted by molar-refractivity contribution is 5.85. The molecule has 2 unspecified atom stereocenters. The van der Waals surface area contributed by atoms with Gasteiger partial charge in [-0.3, -0.25) is 4.79 Å². The first-order chi connectivity index (χ1) is 8.51. The highest BCUT2D eigenvalue weighted by Crippen LogP contribution is 2.04. The Morgan fingerprint density at radius 1 is 1.26 bits per heavy atom. The third-order valence-electron chi connectivity index (χ3n) is 2.56. The number of rotatable bonds is 10. The fraction of sp³-hybridized carbons (Fsp3) is 0.923. The Balaban J connectivity index is 0. The van der Waals surface area contributed by atoms with Gasteiger partial charge in [0, 0.05) is 19.2 Å². The molecule has 0 aliphatic rings. The second-order valence-corrected chi connectivity index (χ2v) is 4.78. The summed E-state index contributed by atoms with van der Waals surface area (Å²) in [5.41, 5.74) is 5.63. The van der Waals surface area contributed by atoms with Crippen LogP contribution in [0.25, 0.3) is 0 Å². The van der Waals surface area contributed by atoms with Crippen LogP contribution in [-0.2, 0) is 14.3 Å². The Bertz CT molecular complexity index is 228. The van der Waals surface area contributed by atoms with Gasteiger partial charge in [0.25, 0.3) is 0 Å². The molecule has 1 amide bonds. The number of ether oxygens (including phenoxy) is 2. The third-order valence-corrected chi connectivity index (χ3v) is 2.56. The van der Waals surface area contributed by atoms with Crippen LogP contribution in [-0.4, -0.2) is 44.4 Å². The van der Waals surface area contributed by atoms with E-state index in [4.69, 9.17) is 15.2 Å². The third kappa shape index (κ3) is 11.2. The normalized spacial score (nSPS) is 13.8. The molecule has 0 fully saturated rings. The van der Waals surface area contributed by atoms with Crippen molar-refractivity contribution in [1.82, 2.24) is 5.32 Å². The van der Waals surface area contributed by atoms with Crippen molar-refractivity contribution >= 4 is 18.3 Å². The molecule has 116 valence electrons. The fourth-order valence-corrected chi connectivity index (χ4v) is 1.61. The summed E-state index contributed by atoms with van der Waals surface area (Å²) in [5, 5.41) is 2.91. The number of hydrogen-bond donors (Lipinski definition) is 2. The van der Waals surface area contributed by atoms with Crippen molar-refractivity contribution in [3.05, 3.63) is 0 Å². The molecular formula is C13H29ClN2O3. The molecule has 0 radical (unpaired) electrons. The van der Waals surface area contributed by atoms with Crippen LogP contribution in [0.2, 0.25) is 0 Å². The molecule has 6 heteroatoms. The van der Waals surface area contributed by atoms with Crippen LogP contribution in [0.4, 0.5) is 0 Å². The van der Waals surface area contributed by atoms with E-state index in [1.54, 1.807) is 6.92 Å². The van der Waals surface area contributed by atoms with Crippen LogP contribution in [0.3, 0.4) is 0 Å². The second kappa shape index (κ2) is 12.7. The summed E-state index contributed by atoms with van der Waals surface area (Å²) >= 11 is 0. The van der Waals surface area contributed by atoms with Crippen molar-refractivity contribution in [2.75, 3.05) is 26.4 Å². The van der Waals surface area contributed by atoms with Gasteiger partial charge in [-0.2, -0.15) is 0 Å². The molecule has 0 heterocycles. The molecular weight excluding hydrogens is 268 g/mol. The smallest absolute Gasteiger partial charge is 0.249 e. The van der Waals surface area contributed by atoms with Crippen LogP contribution in [0.5, 0.6) is 0 Å². The summed E-state index contributed by atoms with van der Waals surface area (Å²) in [5.74, 6) is 0.399. The van der Waals surface area contributed by atoms with Gasteiger partial charge in [0.15, 0.2) is 0 Å². The first-order valence-electron chi connectivity index (χ1n) is 6.71. The number of halogens is 1. The average molecular weight is 297 g/mol. The van der Waals surface area contributed by atoms with Crippen molar-refractivity contribution in [2.45, 2.75) is 46.3 Å². The van der Waals surface area contributed by atoms with Gasteiger partial charge in [-0.1, -0.05) is 13.8 Å². The zero-order valence-corrected chi connectivity index (χ0v) is 13.3. The van der Waals surface area contributed by atoms with E-state index in [1.807, 2.05) is 6.92 Å². The van der Waals surface area contributed by atoms with Crippen LogP contribution < -0.4 is 11.1 Å². The molecule has 19 heavy (non-hydrogen) atoms. The summed E-state index contributed by atoms with van der Waals surface area (Å²) in [4.78, 5) is 11.8. The molecule has 5 nitrogen and oxygen atoms in total. The summed E-state index contributed by atoms with van der Waals surface area (Å²) in [6.45, 7) is 9.94. The summed E-state index contributed by atoms with van der Waals surface area (Å²) in [6.07, 6.45) is 0.417. The molecule has 0 aromatic rings. The molecule has 0 aliphatic carbocycles. The van der Waals surface area contributed by atoms with Gasteiger partial charge in [0.05, 0.1) is 13.2 Å². The summed E-state index contributed by atoms with van der Waals surface area (Å²) < 4.78 is 10.5. The lowest BCUT2D eigenvalue weighted by Crippen LogP contribution is -2.45. The Labute approximate surface area is 123 Å². The van der Waals surface area contributed by atoms with Crippen molar-refractivity contribution < 1.29 is 14.3 Å². The van der Waals surface area contributed by atoms with E-state index in [0.29, 0.717) is 32.3 Å². The molecule has 0 rings (SSSR count). The Kier molecular flexibility index (Phi) is 14.0. The van der Waals surface area contributed by atoms with E-state index in [9.17, 15) is 4.79 Å². The first kappa shape index (κ1) is 20.9. The minimum atomic E-state index is -0.466. The van der Waals surface area contributed by atoms with Crippen LogP contribution in [0.15, 0.2) is 0 Å². The van der Waals surface area contributed by atoms with Gasteiger partial charge in [-0.05, 0) is 26.2 Å². The van der Waals surface area contributed by atoms with Crippen molar-refractivity contribution in [3.8, 4) is 0 Å². The number of carbonyl (C=O) groups excluding carboxylic acids is 1. The van der Waals surface area contributed by atoms with Gasteiger partial charge in [0.1, 0.15) is 6.10 Å². The summed E-state index contributed by atoms with van der Waals surface area (Å²) in [7, 11) is 0. The standard InChI is InChI=1S/C13H28N2O3.ClH/c1-5-17-6-7-18-11(4)13(16)15-12(9-14)8-10(2)3;/h10-12H,5-9,14H2,1-4H3,(H,15,16);1H. The number of nitrogens with one attached hydrogen (secondary N) is 1. The first-order valence-corrected chi connectivity index (χ1v) is 6.71. The van der Waals surface area contributed by atoms with E-state index < -0.39 is 6.10 Å². The molecule has 0 aromatic carbocycles. The van der Waals surface area contributed by atoms with E-state index in [1.165, 1.54) is 0 Å². The molecule has 0 saturated heterocycles. The van der Waals surface area contributed by atoms with Crippen LogP contribution in [0, 0.1) is 5.92 Å². The Morgan fingerprint density at radius 2 is 1.89 bits per heavy atom. The Morgan fingerprint density at radius 3 is 2.37 bits per heavy atom. The van der Waals surface area contributed by atoms with Gasteiger partial charge >= 0.3 is 0 Å². The minimum Gasteiger partial charge on any atom is -0.379 e.